The van der Waals surface area contributed by atoms with Gasteiger partial charge in [0.1, 0.15) is 9.81 Å². The highest BCUT2D eigenvalue weighted by Gasteiger charge is 2.29. The number of H-pyrrole nitrogens is 1. The maximum atomic E-state index is 12.3. The van der Waals surface area contributed by atoms with Crippen LogP contribution in [0.5, 0.6) is 0 Å². The van der Waals surface area contributed by atoms with Crippen molar-refractivity contribution in [1.82, 2.24) is 15.1 Å². The molecule has 0 fully saturated rings. The van der Waals surface area contributed by atoms with E-state index in [2.05, 4.69) is 14.9 Å². The summed E-state index contributed by atoms with van der Waals surface area (Å²) in [5.41, 5.74) is 0.924. The molecule has 25 heavy (non-hydrogen) atoms. The number of rotatable bonds is 3. The number of nitrogens with zero attached hydrogens (tertiary/aromatic N) is 2. The predicted octanol–water partition coefficient (Wildman–Crippen LogP) is 2.57. The highest BCUT2D eigenvalue weighted by molar-refractivity contribution is 7.94. The van der Waals surface area contributed by atoms with Crippen molar-refractivity contribution in [2.45, 2.75) is 43.5 Å². The Morgan fingerprint density at radius 2 is 2.20 bits per heavy atom. The first-order valence-corrected chi connectivity index (χ1v) is 10.1. The number of carbonyl (C=O) groups is 1. The minimum atomic E-state index is -3.65. The zero-order valence-corrected chi connectivity index (χ0v) is 15.8. The summed E-state index contributed by atoms with van der Waals surface area (Å²) in [6.45, 7) is 6.18. The largest absolute Gasteiger partial charge is 0.444 e. The summed E-state index contributed by atoms with van der Waals surface area (Å²) in [7, 11) is -3.65. The van der Waals surface area contributed by atoms with Crippen molar-refractivity contribution in [2.75, 3.05) is 11.3 Å². The van der Waals surface area contributed by atoms with Crippen molar-refractivity contribution < 1.29 is 17.9 Å². The van der Waals surface area contributed by atoms with Gasteiger partial charge >= 0.3 is 6.09 Å². The normalized spacial score (nSPS) is 14.9. The van der Waals surface area contributed by atoms with Crippen LogP contribution < -0.4 is 4.72 Å². The third kappa shape index (κ3) is 3.96. The van der Waals surface area contributed by atoms with Crippen LogP contribution >= 0.6 is 11.3 Å². The molecule has 0 atom stereocenters. The monoisotopic (exact) mass is 384 g/mol. The SMILES string of the molecule is CC(C)(C)OC(=O)N1CCc2c(NS(=O)(=O)c3cccs3)n[nH]c2C1. The fraction of sp³-hybridized carbons (Fsp3) is 0.467. The fourth-order valence-electron chi connectivity index (χ4n) is 2.48. The number of hydrogen-bond acceptors (Lipinski definition) is 6. The Morgan fingerprint density at radius 3 is 2.84 bits per heavy atom. The second-order valence-electron chi connectivity index (χ2n) is 6.72. The van der Waals surface area contributed by atoms with Gasteiger partial charge in [0.15, 0.2) is 5.82 Å². The van der Waals surface area contributed by atoms with Crippen molar-refractivity contribution in [3.05, 3.63) is 28.8 Å². The van der Waals surface area contributed by atoms with E-state index >= 15 is 0 Å². The zero-order valence-electron chi connectivity index (χ0n) is 14.2. The number of aromatic nitrogens is 2. The van der Waals surface area contributed by atoms with E-state index in [1.54, 1.807) is 16.3 Å². The van der Waals surface area contributed by atoms with Gasteiger partial charge in [-0.05, 0) is 38.6 Å². The number of ether oxygens (including phenoxy) is 1. The molecule has 3 rings (SSSR count). The first kappa shape index (κ1) is 17.7. The third-order valence-corrected chi connectivity index (χ3v) is 6.31. The second kappa shape index (κ2) is 6.34. The summed E-state index contributed by atoms with van der Waals surface area (Å²) in [5, 5.41) is 8.59. The molecular formula is C15H20N4O4S2. The highest BCUT2D eigenvalue weighted by Crippen LogP contribution is 2.27. The van der Waals surface area contributed by atoms with Crippen LogP contribution in [0.15, 0.2) is 21.7 Å². The minimum Gasteiger partial charge on any atom is -0.444 e. The molecule has 0 radical (unpaired) electrons. The molecule has 0 spiro atoms. The number of nitrogens with one attached hydrogen (secondary N) is 2. The Bertz CT molecular complexity index is 866. The quantitative estimate of drug-likeness (QED) is 0.846. The smallest absolute Gasteiger partial charge is 0.410 e. The topological polar surface area (TPSA) is 104 Å². The van der Waals surface area contributed by atoms with Gasteiger partial charge < -0.3 is 9.64 Å². The minimum absolute atomic E-state index is 0.232. The first-order valence-electron chi connectivity index (χ1n) is 7.76. The van der Waals surface area contributed by atoms with Gasteiger partial charge in [0, 0.05) is 12.1 Å². The van der Waals surface area contributed by atoms with E-state index in [4.69, 9.17) is 4.74 Å². The second-order valence-corrected chi connectivity index (χ2v) is 9.58. The standard InChI is InChI=1S/C15H20N4O4S2/c1-15(2,3)23-14(20)19-7-6-10-11(9-19)16-17-13(10)18-25(21,22)12-5-4-8-24-12/h4-5,8H,6-7,9H2,1-3H3,(H2,16,17,18). The number of amides is 1. The molecule has 2 aromatic rings. The molecule has 0 aliphatic carbocycles. The number of thiophene rings is 1. The fourth-order valence-corrected chi connectivity index (χ4v) is 4.51. The number of fused-ring (bicyclic) bond motifs is 1. The maximum Gasteiger partial charge on any atom is 0.410 e. The molecule has 2 N–H and O–H groups in total. The van der Waals surface area contributed by atoms with Gasteiger partial charge in [-0.25, -0.2) is 13.2 Å². The molecule has 0 bridgehead atoms. The summed E-state index contributed by atoms with van der Waals surface area (Å²) in [5.74, 6) is 0.284. The van der Waals surface area contributed by atoms with E-state index < -0.39 is 21.7 Å². The van der Waals surface area contributed by atoms with Crippen LogP contribution in [0.25, 0.3) is 0 Å². The molecule has 10 heteroatoms. The van der Waals surface area contributed by atoms with E-state index in [0.717, 1.165) is 16.9 Å². The summed E-state index contributed by atoms with van der Waals surface area (Å²) >= 11 is 1.14. The Labute approximate surface area is 150 Å². The molecule has 3 heterocycles. The molecule has 0 saturated heterocycles. The van der Waals surface area contributed by atoms with Gasteiger partial charge in [0.25, 0.3) is 10.0 Å². The molecule has 0 unspecified atom stereocenters. The van der Waals surface area contributed by atoms with Crippen LogP contribution in [-0.4, -0.2) is 41.8 Å². The number of anilines is 1. The van der Waals surface area contributed by atoms with Crippen LogP contribution in [0, 0.1) is 0 Å². The summed E-state index contributed by atoms with van der Waals surface area (Å²) < 4.78 is 32.8. The lowest BCUT2D eigenvalue weighted by atomic mass is 10.1. The van der Waals surface area contributed by atoms with Crippen molar-refractivity contribution in [3.63, 3.8) is 0 Å². The number of hydrogen-bond donors (Lipinski definition) is 2. The van der Waals surface area contributed by atoms with Crippen LogP contribution in [-0.2, 0) is 27.7 Å². The maximum absolute atomic E-state index is 12.3. The van der Waals surface area contributed by atoms with Crippen molar-refractivity contribution >= 4 is 33.3 Å². The Balaban J connectivity index is 1.74. The Morgan fingerprint density at radius 1 is 1.44 bits per heavy atom. The van der Waals surface area contributed by atoms with Crippen LogP contribution in [0.2, 0.25) is 0 Å². The lowest BCUT2D eigenvalue weighted by Gasteiger charge is -2.29. The summed E-state index contributed by atoms with van der Waals surface area (Å²) in [6, 6.07) is 3.22. The number of sulfonamides is 1. The molecule has 1 aliphatic rings. The van der Waals surface area contributed by atoms with Crippen LogP contribution in [0.1, 0.15) is 32.0 Å². The van der Waals surface area contributed by atoms with E-state index in [1.807, 2.05) is 20.8 Å². The molecule has 8 nitrogen and oxygen atoms in total. The van der Waals surface area contributed by atoms with Gasteiger partial charge in [0.2, 0.25) is 0 Å². The number of carbonyl (C=O) groups excluding carboxylic acids is 1. The summed E-state index contributed by atoms with van der Waals surface area (Å²) in [4.78, 5) is 13.7. The van der Waals surface area contributed by atoms with Crippen molar-refractivity contribution in [3.8, 4) is 0 Å². The van der Waals surface area contributed by atoms with E-state index in [-0.39, 0.29) is 10.0 Å². The molecule has 1 amide bonds. The van der Waals surface area contributed by atoms with Gasteiger partial charge in [-0.2, -0.15) is 5.10 Å². The van der Waals surface area contributed by atoms with Gasteiger partial charge in [-0.1, -0.05) is 6.07 Å². The Hall–Kier alpha value is -2.07. The Kier molecular flexibility index (Phi) is 4.50. The lowest BCUT2D eigenvalue weighted by Crippen LogP contribution is -2.39. The molecule has 136 valence electrons. The average Bonchev–Trinajstić information content (AvgIpc) is 3.15. The van der Waals surface area contributed by atoms with Crippen molar-refractivity contribution in [2.24, 2.45) is 0 Å². The molecular weight excluding hydrogens is 364 g/mol. The van der Waals surface area contributed by atoms with Crippen LogP contribution in [0.3, 0.4) is 0 Å². The van der Waals surface area contributed by atoms with Gasteiger partial charge in [-0.3, -0.25) is 9.82 Å². The zero-order chi connectivity index (χ0) is 18.2. The molecule has 1 aliphatic heterocycles. The van der Waals surface area contributed by atoms with E-state index in [9.17, 15) is 13.2 Å². The van der Waals surface area contributed by atoms with Crippen LogP contribution in [0.4, 0.5) is 10.6 Å². The predicted molar refractivity (Wildman–Crippen MR) is 94.1 cm³/mol. The van der Waals surface area contributed by atoms with Crippen molar-refractivity contribution in [1.29, 1.82) is 0 Å². The van der Waals surface area contributed by atoms with E-state index in [1.165, 1.54) is 6.07 Å². The molecule has 0 saturated carbocycles. The number of aromatic amines is 1. The summed E-state index contributed by atoms with van der Waals surface area (Å²) in [6.07, 6.45) is 0.0985. The van der Waals surface area contributed by atoms with E-state index in [0.29, 0.717) is 25.2 Å². The molecule has 0 aromatic carbocycles. The lowest BCUT2D eigenvalue weighted by molar-refractivity contribution is 0.0221. The third-order valence-electron chi connectivity index (χ3n) is 3.58. The first-order chi connectivity index (χ1) is 11.7. The highest BCUT2D eigenvalue weighted by atomic mass is 32.2. The van der Waals surface area contributed by atoms with Gasteiger partial charge in [-0.15, -0.1) is 11.3 Å². The molecule has 2 aromatic heterocycles. The van der Waals surface area contributed by atoms with Gasteiger partial charge in [0.05, 0.1) is 12.2 Å². The average molecular weight is 384 g/mol.